The normalized spacial score (nSPS) is 9.60. The number of nitrogens with zero attached hydrogens (tertiary/aromatic N) is 3. The third-order valence-electron chi connectivity index (χ3n) is 1.86. The summed E-state index contributed by atoms with van der Waals surface area (Å²) in [5.74, 6) is 0.646. The van der Waals surface area contributed by atoms with Crippen LogP contribution in [0.5, 0.6) is 0 Å². The summed E-state index contributed by atoms with van der Waals surface area (Å²) in [6.07, 6.45) is 3.42. The highest BCUT2D eigenvalue weighted by Gasteiger charge is 2.01. The Morgan fingerprint density at radius 3 is 2.33 bits per heavy atom. The van der Waals surface area contributed by atoms with Gasteiger partial charge in [0.2, 0.25) is 0 Å². The van der Waals surface area contributed by atoms with Crippen LogP contribution in [-0.2, 0) is 0 Å². The maximum atomic E-state index is 4.26. The molecule has 0 saturated heterocycles. The van der Waals surface area contributed by atoms with Crippen LogP contribution in [0.4, 0.5) is 5.82 Å². The third-order valence-corrected chi connectivity index (χ3v) is 1.86. The van der Waals surface area contributed by atoms with Crippen molar-refractivity contribution in [3.8, 4) is 0 Å². The molecule has 3 nitrogen and oxygen atoms in total. The summed E-state index contributed by atoms with van der Waals surface area (Å²) in [6.45, 7) is 3.85. The Bertz CT molecular complexity index is 437. The van der Waals surface area contributed by atoms with E-state index in [1.165, 1.54) is 0 Å². The van der Waals surface area contributed by atoms with Crippen molar-refractivity contribution < 1.29 is 0 Å². The first-order chi connectivity index (χ1) is 7.36. The van der Waals surface area contributed by atoms with Crippen LogP contribution in [0.15, 0.2) is 55.4 Å². The molecule has 73 valence electrons. The summed E-state index contributed by atoms with van der Waals surface area (Å²) in [6, 6.07) is 11.2. The first-order valence-electron chi connectivity index (χ1n) is 4.59. The molecule has 0 aliphatic heterocycles. The molecule has 0 aromatic carbocycles. The molecular formula is C12H10N3. The molecule has 0 amide bonds. The highest BCUT2D eigenvalue weighted by atomic mass is 15.0. The van der Waals surface area contributed by atoms with Crippen LogP contribution in [0.2, 0.25) is 0 Å². The van der Waals surface area contributed by atoms with Crippen LogP contribution in [0.3, 0.4) is 0 Å². The maximum absolute atomic E-state index is 4.26. The van der Waals surface area contributed by atoms with Gasteiger partial charge in [0.15, 0.2) is 5.82 Å². The van der Waals surface area contributed by atoms with E-state index < -0.39 is 0 Å². The number of hydrogen-bond acceptors (Lipinski definition) is 2. The van der Waals surface area contributed by atoms with Gasteiger partial charge in [-0.15, -0.1) is 0 Å². The minimum Gasteiger partial charge on any atom is -0.255 e. The second-order valence-electron chi connectivity index (χ2n) is 2.96. The monoisotopic (exact) mass is 196 g/mol. The Hall–Kier alpha value is -2.16. The SMILES string of the molecule is C=C([N]c1ccccn1)c1ccccn1. The Morgan fingerprint density at radius 2 is 1.73 bits per heavy atom. The predicted octanol–water partition coefficient (Wildman–Crippen LogP) is 2.38. The summed E-state index contributed by atoms with van der Waals surface area (Å²) in [5.41, 5.74) is 1.39. The molecule has 2 aromatic rings. The van der Waals surface area contributed by atoms with Crippen molar-refractivity contribution in [3.05, 3.63) is 61.1 Å². The molecule has 0 spiro atoms. The molecule has 3 heteroatoms. The molecule has 0 fully saturated rings. The van der Waals surface area contributed by atoms with Crippen molar-refractivity contribution in [1.29, 1.82) is 0 Å². The van der Waals surface area contributed by atoms with Gasteiger partial charge in [-0.2, -0.15) is 0 Å². The summed E-state index contributed by atoms with van der Waals surface area (Å²) >= 11 is 0. The van der Waals surface area contributed by atoms with Crippen molar-refractivity contribution in [2.24, 2.45) is 0 Å². The van der Waals surface area contributed by atoms with Crippen molar-refractivity contribution in [2.45, 2.75) is 0 Å². The van der Waals surface area contributed by atoms with Gasteiger partial charge in [0, 0.05) is 12.4 Å². The average molecular weight is 196 g/mol. The third kappa shape index (κ3) is 2.40. The Morgan fingerprint density at radius 1 is 1.00 bits per heavy atom. The van der Waals surface area contributed by atoms with Gasteiger partial charge in [-0.3, -0.25) is 4.98 Å². The molecule has 0 aliphatic rings. The quantitative estimate of drug-likeness (QED) is 0.756. The largest absolute Gasteiger partial charge is 0.255 e. The van der Waals surface area contributed by atoms with Gasteiger partial charge < -0.3 is 0 Å². The molecule has 0 bridgehead atoms. The van der Waals surface area contributed by atoms with Gasteiger partial charge >= 0.3 is 0 Å². The minimum absolute atomic E-state index is 0.620. The molecule has 1 radical (unpaired) electrons. The summed E-state index contributed by atoms with van der Waals surface area (Å²) in [5, 5.41) is 4.26. The first-order valence-corrected chi connectivity index (χ1v) is 4.59. The van der Waals surface area contributed by atoms with Crippen LogP contribution in [0.25, 0.3) is 5.70 Å². The topological polar surface area (TPSA) is 39.9 Å². The lowest BCUT2D eigenvalue weighted by atomic mass is 10.3. The standard InChI is InChI=1S/C12H10N3/c1-10(11-6-2-4-8-13-11)15-12-7-3-5-9-14-12/h2-9H,1H2. The number of rotatable bonds is 3. The lowest BCUT2D eigenvalue weighted by Gasteiger charge is -2.03. The lowest BCUT2D eigenvalue weighted by molar-refractivity contribution is 1.09. The molecule has 0 atom stereocenters. The van der Waals surface area contributed by atoms with Crippen molar-refractivity contribution in [2.75, 3.05) is 0 Å². The smallest absolute Gasteiger partial charge is 0.152 e. The van der Waals surface area contributed by atoms with Gasteiger partial charge in [0.1, 0.15) is 0 Å². The van der Waals surface area contributed by atoms with Crippen LogP contribution in [-0.4, -0.2) is 9.97 Å². The van der Waals surface area contributed by atoms with E-state index in [9.17, 15) is 0 Å². The molecule has 0 aliphatic carbocycles. The van der Waals surface area contributed by atoms with Crippen molar-refractivity contribution >= 4 is 11.5 Å². The molecule has 0 unspecified atom stereocenters. The van der Waals surface area contributed by atoms with Crippen LogP contribution >= 0.6 is 0 Å². The molecule has 2 aromatic heterocycles. The number of aromatic nitrogens is 2. The van der Waals surface area contributed by atoms with Gasteiger partial charge in [-0.25, -0.2) is 10.3 Å². The molecular weight excluding hydrogens is 186 g/mol. The fraction of sp³-hybridized carbons (Fsp3) is 0. The van der Waals surface area contributed by atoms with Gasteiger partial charge in [0.05, 0.1) is 11.4 Å². The molecule has 15 heavy (non-hydrogen) atoms. The minimum atomic E-state index is 0.620. The van der Waals surface area contributed by atoms with E-state index in [0.29, 0.717) is 11.5 Å². The van der Waals surface area contributed by atoms with E-state index in [4.69, 9.17) is 0 Å². The molecule has 2 heterocycles. The van der Waals surface area contributed by atoms with Crippen LogP contribution < -0.4 is 5.32 Å². The zero-order valence-corrected chi connectivity index (χ0v) is 8.17. The van der Waals surface area contributed by atoms with Gasteiger partial charge in [-0.05, 0) is 24.3 Å². The number of hydrogen-bond donors (Lipinski definition) is 0. The van der Waals surface area contributed by atoms with E-state index in [0.717, 1.165) is 5.69 Å². The Kier molecular flexibility index (Phi) is 2.74. The van der Waals surface area contributed by atoms with Crippen molar-refractivity contribution in [1.82, 2.24) is 15.3 Å². The van der Waals surface area contributed by atoms with Crippen LogP contribution in [0, 0.1) is 0 Å². The number of pyridine rings is 2. The van der Waals surface area contributed by atoms with E-state index in [1.807, 2.05) is 36.4 Å². The lowest BCUT2D eigenvalue weighted by Crippen LogP contribution is -1.99. The fourth-order valence-corrected chi connectivity index (χ4v) is 1.15. The zero-order valence-electron chi connectivity index (χ0n) is 8.17. The second kappa shape index (κ2) is 4.37. The van der Waals surface area contributed by atoms with Gasteiger partial charge in [-0.1, -0.05) is 18.7 Å². The fourth-order valence-electron chi connectivity index (χ4n) is 1.15. The molecule has 0 saturated carbocycles. The van der Waals surface area contributed by atoms with E-state index in [1.54, 1.807) is 12.4 Å². The molecule has 0 N–H and O–H groups in total. The van der Waals surface area contributed by atoms with Crippen LogP contribution in [0.1, 0.15) is 5.69 Å². The second-order valence-corrected chi connectivity index (χ2v) is 2.96. The van der Waals surface area contributed by atoms with E-state index >= 15 is 0 Å². The predicted molar refractivity (Wildman–Crippen MR) is 59.3 cm³/mol. The van der Waals surface area contributed by atoms with Gasteiger partial charge in [0.25, 0.3) is 0 Å². The Labute approximate surface area is 88.5 Å². The first kappa shape index (κ1) is 9.40. The summed E-state index contributed by atoms with van der Waals surface area (Å²) < 4.78 is 0. The van der Waals surface area contributed by atoms with E-state index in [2.05, 4.69) is 21.9 Å². The average Bonchev–Trinajstić information content (AvgIpc) is 2.31. The summed E-state index contributed by atoms with van der Waals surface area (Å²) in [7, 11) is 0. The Balaban J connectivity index is 2.12. The zero-order chi connectivity index (χ0) is 10.5. The maximum Gasteiger partial charge on any atom is 0.152 e. The molecule has 2 rings (SSSR count). The highest BCUT2D eigenvalue weighted by Crippen LogP contribution is 2.12. The summed E-state index contributed by atoms with van der Waals surface area (Å²) in [4.78, 5) is 8.24. The van der Waals surface area contributed by atoms with E-state index in [-0.39, 0.29) is 0 Å². The highest BCUT2D eigenvalue weighted by molar-refractivity contribution is 5.62. The van der Waals surface area contributed by atoms with Crippen molar-refractivity contribution in [3.63, 3.8) is 0 Å².